The molecule has 1 saturated carbocycles. The van der Waals surface area contributed by atoms with Crippen molar-refractivity contribution in [3.63, 3.8) is 0 Å². The lowest BCUT2D eigenvalue weighted by molar-refractivity contribution is 0.0697. The number of hydrogen-bond donors (Lipinski definition) is 3. The molecule has 0 radical (unpaired) electrons. The van der Waals surface area contributed by atoms with Crippen LogP contribution in [0, 0.1) is 5.82 Å². The molecule has 33 heavy (non-hydrogen) atoms. The number of phenolic OH excluding ortho intramolecular Hbond substituents is 1. The molecular weight excluding hydrogens is 421 g/mol. The highest BCUT2D eigenvalue weighted by Crippen LogP contribution is 2.47. The topological polar surface area (TPSA) is 82.7 Å². The van der Waals surface area contributed by atoms with Crippen molar-refractivity contribution in [3.05, 3.63) is 83.8 Å². The Hall–Kier alpha value is -3.64. The van der Waals surface area contributed by atoms with Gasteiger partial charge in [-0.15, -0.1) is 0 Å². The molecule has 1 aliphatic rings. The number of phenols is 1. The normalized spacial score (nSPS) is 18.5. The van der Waals surface area contributed by atoms with Gasteiger partial charge in [-0.05, 0) is 79.8 Å². The van der Waals surface area contributed by atoms with E-state index in [2.05, 4.69) is 4.57 Å². The first-order valence-corrected chi connectivity index (χ1v) is 11.1. The van der Waals surface area contributed by atoms with Crippen molar-refractivity contribution >= 4 is 16.9 Å². The van der Waals surface area contributed by atoms with Crippen molar-refractivity contribution in [2.45, 2.75) is 37.7 Å². The van der Waals surface area contributed by atoms with Crippen LogP contribution in [0.5, 0.6) is 5.75 Å². The molecule has 0 bridgehead atoms. The molecule has 0 amide bonds. The fourth-order valence-corrected chi connectivity index (χ4v) is 5.02. The van der Waals surface area contributed by atoms with Crippen molar-refractivity contribution in [2.24, 2.45) is 0 Å². The van der Waals surface area contributed by atoms with Crippen molar-refractivity contribution in [1.82, 2.24) is 4.57 Å². The zero-order valence-corrected chi connectivity index (χ0v) is 17.9. The maximum absolute atomic E-state index is 13.7. The maximum Gasteiger partial charge on any atom is 0.335 e. The average Bonchev–Trinajstić information content (AvgIpc) is 3.16. The number of halogens is 1. The summed E-state index contributed by atoms with van der Waals surface area (Å²) in [6.45, 7) is 0. The summed E-state index contributed by atoms with van der Waals surface area (Å²) in [7, 11) is 0. The molecule has 1 aliphatic carbocycles. The fraction of sp³-hybridized carbons (Fsp3) is 0.222. The monoisotopic (exact) mass is 445 g/mol. The van der Waals surface area contributed by atoms with Gasteiger partial charge < -0.3 is 19.9 Å². The van der Waals surface area contributed by atoms with Gasteiger partial charge in [-0.3, -0.25) is 0 Å². The number of fused-ring (bicyclic) bond motifs is 1. The number of nitrogens with zero attached hydrogens (tertiary/aromatic N) is 1. The molecule has 0 atom stereocenters. The van der Waals surface area contributed by atoms with Crippen LogP contribution < -0.4 is 0 Å². The highest BCUT2D eigenvalue weighted by Gasteiger charge is 2.30. The van der Waals surface area contributed by atoms with Crippen LogP contribution in [0.1, 0.15) is 47.7 Å². The molecule has 5 nitrogen and oxygen atoms in total. The quantitative estimate of drug-likeness (QED) is 0.368. The SMILES string of the molecule is O=C(O)c1ccc(-c2c3c(O)cccc3n(-c3ccc(F)cc3)c2[C@H]2CC[C@@H](O)CC2)cc1. The third-order valence-corrected chi connectivity index (χ3v) is 6.60. The van der Waals surface area contributed by atoms with Crippen molar-refractivity contribution in [1.29, 1.82) is 0 Å². The lowest BCUT2D eigenvalue weighted by atomic mass is 9.82. The van der Waals surface area contributed by atoms with Gasteiger partial charge in [0.25, 0.3) is 0 Å². The van der Waals surface area contributed by atoms with E-state index in [-0.39, 0.29) is 29.2 Å². The number of benzene rings is 3. The third kappa shape index (κ3) is 3.76. The lowest BCUT2D eigenvalue weighted by Crippen LogP contribution is -2.19. The summed E-state index contributed by atoms with van der Waals surface area (Å²) < 4.78 is 15.8. The maximum atomic E-state index is 13.7. The fourth-order valence-electron chi connectivity index (χ4n) is 5.02. The smallest absolute Gasteiger partial charge is 0.335 e. The highest BCUT2D eigenvalue weighted by molar-refractivity contribution is 6.03. The molecule has 168 valence electrons. The Labute approximate surface area is 190 Å². The summed E-state index contributed by atoms with van der Waals surface area (Å²) in [6.07, 6.45) is 2.59. The summed E-state index contributed by atoms with van der Waals surface area (Å²) in [5.74, 6) is -1.09. The molecule has 3 aromatic carbocycles. The Balaban J connectivity index is 1.83. The molecule has 1 fully saturated rings. The first-order valence-electron chi connectivity index (χ1n) is 11.1. The van der Waals surface area contributed by atoms with Crippen molar-refractivity contribution in [2.75, 3.05) is 0 Å². The zero-order chi connectivity index (χ0) is 23.1. The lowest BCUT2D eigenvalue weighted by Gasteiger charge is -2.28. The minimum Gasteiger partial charge on any atom is -0.507 e. The molecule has 0 unspecified atom stereocenters. The molecule has 6 heteroatoms. The zero-order valence-electron chi connectivity index (χ0n) is 17.9. The van der Waals surface area contributed by atoms with Crippen molar-refractivity contribution < 1.29 is 24.5 Å². The van der Waals surface area contributed by atoms with E-state index in [1.807, 2.05) is 6.07 Å². The van der Waals surface area contributed by atoms with Crippen LogP contribution in [-0.4, -0.2) is 32.0 Å². The second-order valence-corrected chi connectivity index (χ2v) is 8.63. The molecule has 0 saturated heterocycles. The molecule has 3 N–H and O–H groups in total. The van der Waals surface area contributed by atoms with Gasteiger partial charge in [0, 0.05) is 28.2 Å². The van der Waals surface area contributed by atoms with Crippen LogP contribution in [0.25, 0.3) is 27.7 Å². The summed E-state index contributed by atoms with van der Waals surface area (Å²) in [5, 5.41) is 31.0. The van der Waals surface area contributed by atoms with Crippen LogP contribution >= 0.6 is 0 Å². The number of aromatic carboxylic acids is 1. The van der Waals surface area contributed by atoms with Crippen molar-refractivity contribution in [3.8, 4) is 22.6 Å². The molecule has 4 aromatic rings. The number of aromatic hydroxyl groups is 1. The van der Waals surface area contributed by atoms with Gasteiger partial charge in [0.05, 0.1) is 17.2 Å². The van der Waals surface area contributed by atoms with Gasteiger partial charge in [0.2, 0.25) is 0 Å². The minimum absolute atomic E-state index is 0.111. The number of hydrogen-bond acceptors (Lipinski definition) is 3. The Kier molecular flexibility index (Phi) is 5.38. The van der Waals surface area contributed by atoms with E-state index in [9.17, 15) is 24.5 Å². The predicted octanol–water partition coefficient (Wildman–Crippen LogP) is 5.86. The van der Waals surface area contributed by atoms with E-state index in [0.717, 1.165) is 40.9 Å². The number of carboxylic acids is 1. The second-order valence-electron chi connectivity index (χ2n) is 8.63. The number of aliphatic hydroxyl groups is 1. The van der Waals surface area contributed by atoms with E-state index >= 15 is 0 Å². The number of aliphatic hydroxyl groups excluding tert-OH is 1. The minimum atomic E-state index is -1.00. The Morgan fingerprint density at radius 2 is 1.58 bits per heavy atom. The van der Waals surface area contributed by atoms with Crippen LogP contribution in [-0.2, 0) is 0 Å². The van der Waals surface area contributed by atoms with E-state index in [1.54, 1.807) is 48.5 Å². The molecule has 0 spiro atoms. The molecule has 1 heterocycles. The van der Waals surface area contributed by atoms with Crippen LogP contribution in [0.3, 0.4) is 0 Å². The van der Waals surface area contributed by atoms with Gasteiger partial charge in [0.15, 0.2) is 0 Å². The number of aromatic nitrogens is 1. The second kappa shape index (κ2) is 8.37. The van der Waals surface area contributed by atoms with E-state index in [1.165, 1.54) is 12.1 Å². The summed E-state index contributed by atoms with van der Waals surface area (Å²) in [4.78, 5) is 11.4. The van der Waals surface area contributed by atoms with Gasteiger partial charge in [-0.2, -0.15) is 0 Å². The van der Waals surface area contributed by atoms with Crippen LogP contribution in [0.2, 0.25) is 0 Å². The van der Waals surface area contributed by atoms with Gasteiger partial charge in [-0.25, -0.2) is 9.18 Å². The highest BCUT2D eigenvalue weighted by atomic mass is 19.1. The van der Waals surface area contributed by atoms with Crippen LogP contribution in [0.4, 0.5) is 4.39 Å². The van der Waals surface area contributed by atoms with Gasteiger partial charge >= 0.3 is 5.97 Å². The Morgan fingerprint density at radius 3 is 2.21 bits per heavy atom. The standard InChI is InChI=1S/C27H24FNO4/c28-19-10-12-20(13-11-19)29-22-2-1-3-23(31)25(22)24(16-4-6-18(7-5-16)27(32)33)26(29)17-8-14-21(30)15-9-17/h1-7,10-13,17,21,30-31H,8-9,14-15H2,(H,32,33)/t17-,21+. The number of carbonyl (C=O) groups is 1. The van der Waals surface area contributed by atoms with Gasteiger partial charge in [0.1, 0.15) is 11.6 Å². The molecule has 5 rings (SSSR count). The molecular formula is C27H24FNO4. The van der Waals surface area contributed by atoms with E-state index in [4.69, 9.17) is 0 Å². The first-order chi connectivity index (χ1) is 15.9. The first kappa shape index (κ1) is 21.2. The third-order valence-electron chi connectivity index (χ3n) is 6.60. The van der Waals surface area contributed by atoms with Gasteiger partial charge in [-0.1, -0.05) is 18.2 Å². The Morgan fingerprint density at radius 1 is 0.909 bits per heavy atom. The van der Waals surface area contributed by atoms with Crippen LogP contribution in [0.15, 0.2) is 66.7 Å². The molecule has 1 aromatic heterocycles. The molecule has 0 aliphatic heterocycles. The van der Waals surface area contributed by atoms with E-state index in [0.29, 0.717) is 18.2 Å². The predicted molar refractivity (Wildman–Crippen MR) is 125 cm³/mol. The summed E-state index contributed by atoms with van der Waals surface area (Å²) in [5.41, 5.74) is 4.38. The largest absolute Gasteiger partial charge is 0.507 e. The summed E-state index contributed by atoms with van der Waals surface area (Å²) in [6, 6.07) is 18.3. The Bertz CT molecular complexity index is 1320. The number of carboxylic acid groups (broad SMARTS) is 1. The van der Waals surface area contributed by atoms with E-state index < -0.39 is 5.97 Å². The average molecular weight is 445 g/mol. The number of rotatable bonds is 4. The summed E-state index contributed by atoms with van der Waals surface area (Å²) >= 11 is 0.